The van der Waals surface area contributed by atoms with Gasteiger partial charge in [-0.25, -0.2) is 0 Å². The van der Waals surface area contributed by atoms with E-state index in [9.17, 15) is 0 Å². The molecule has 0 saturated carbocycles. The molecular formula is C13H19NO. The molecule has 1 rings (SSSR count). The highest BCUT2D eigenvalue weighted by atomic mass is 16.5. The van der Waals surface area contributed by atoms with Crippen LogP contribution in [0.5, 0.6) is 5.75 Å². The third-order valence-electron chi connectivity index (χ3n) is 2.10. The van der Waals surface area contributed by atoms with Crippen molar-refractivity contribution in [2.75, 3.05) is 0 Å². The maximum atomic E-state index is 5.94. The van der Waals surface area contributed by atoms with Crippen LogP contribution in [0, 0.1) is 0 Å². The van der Waals surface area contributed by atoms with Crippen molar-refractivity contribution in [3.05, 3.63) is 42.5 Å². The first-order valence-corrected chi connectivity index (χ1v) is 5.26. The lowest BCUT2D eigenvalue weighted by Gasteiger charge is -2.12. The van der Waals surface area contributed by atoms with Gasteiger partial charge in [-0.15, -0.1) is 6.58 Å². The van der Waals surface area contributed by atoms with E-state index in [0.29, 0.717) is 0 Å². The Morgan fingerprint density at radius 3 is 2.40 bits per heavy atom. The van der Waals surface area contributed by atoms with Crippen LogP contribution in [-0.4, -0.2) is 6.10 Å². The van der Waals surface area contributed by atoms with Gasteiger partial charge in [0.2, 0.25) is 0 Å². The van der Waals surface area contributed by atoms with Crippen molar-refractivity contribution in [1.82, 2.24) is 0 Å². The molecule has 15 heavy (non-hydrogen) atoms. The van der Waals surface area contributed by atoms with E-state index >= 15 is 0 Å². The van der Waals surface area contributed by atoms with E-state index in [1.54, 1.807) is 0 Å². The van der Waals surface area contributed by atoms with Gasteiger partial charge >= 0.3 is 0 Å². The second kappa shape index (κ2) is 5.56. The first-order valence-electron chi connectivity index (χ1n) is 5.26. The largest absolute Gasteiger partial charge is 0.491 e. The van der Waals surface area contributed by atoms with Crippen molar-refractivity contribution in [3.8, 4) is 5.75 Å². The van der Waals surface area contributed by atoms with Gasteiger partial charge in [-0.05, 0) is 38.0 Å². The summed E-state index contributed by atoms with van der Waals surface area (Å²) in [6, 6.07) is 7.96. The Kier molecular flexibility index (Phi) is 4.37. The summed E-state index contributed by atoms with van der Waals surface area (Å²) >= 11 is 0. The zero-order chi connectivity index (χ0) is 11.3. The highest BCUT2D eigenvalue weighted by molar-refractivity contribution is 5.29. The van der Waals surface area contributed by atoms with Crippen molar-refractivity contribution in [2.24, 2.45) is 5.73 Å². The maximum Gasteiger partial charge on any atom is 0.119 e. The summed E-state index contributed by atoms with van der Waals surface area (Å²) in [6.45, 7) is 7.70. The third kappa shape index (κ3) is 3.76. The summed E-state index contributed by atoms with van der Waals surface area (Å²) in [4.78, 5) is 0. The van der Waals surface area contributed by atoms with Crippen molar-refractivity contribution in [3.63, 3.8) is 0 Å². The van der Waals surface area contributed by atoms with Gasteiger partial charge in [0.1, 0.15) is 5.75 Å². The molecule has 1 aromatic rings. The van der Waals surface area contributed by atoms with Crippen LogP contribution in [0.25, 0.3) is 0 Å². The van der Waals surface area contributed by atoms with Gasteiger partial charge in [-0.1, -0.05) is 18.2 Å². The van der Waals surface area contributed by atoms with E-state index in [-0.39, 0.29) is 12.1 Å². The van der Waals surface area contributed by atoms with Gasteiger partial charge in [0.05, 0.1) is 6.10 Å². The van der Waals surface area contributed by atoms with Crippen LogP contribution in [-0.2, 0) is 0 Å². The van der Waals surface area contributed by atoms with Crippen LogP contribution < -0.4 is 10.5 Å². The molecule has 82 valence electrons. The van der Waals surface area contributed by atoms with Gasteiger partial charge in [0.15, 0.2) is 0 Å². The standard InChI is InChI=1S/C13H19NO/c1-4-5-13(14)11-6-8-12(9-7-11)15-10(2)3/h4,6-10,13H,1,5,14H2,2-3H3. The van der Waals surface area contributed by atoms with Gasteiger partial charge in [0.25, 0.3) is 0 Å². The van der Waals surface area contributed by atoms with Gasteiger partial charge in [-0.3, -0.25) is 0 Å². The van der Waals surface area contributed by atoms with E-state index in [2.05, 4.69) is 6.58 Å². The average molecular weight is 205 g/mol. The highest BCUT2D eigenvalue weighted by Crippen LogP contribution is 2.19. The van der Waals surface area contributed by atoms with E-state index in [1.165, 1.54) is 0 Å². The minimum Gasteiger partial charge on any atom is -0.491 e. The Bertz CT molecular complexity index is 303. The normalized spacial score (nSPS) is 12.5. The molecule has 2 heteroatoms. The monoisotopic (exact) mass is 205 g/mol. The van der Waals surface area contributed by atoms with Crippen molar-refractivity contribution in [2.45, 2.75) is 32.4 Å². The third-order valence-corrected chi connectivity index (χ3v) is 2.10. The fourth-order valence-corrected chi connectivity index (χ4v) is 1.38. The summed E-state index contributed by atoms with van der Waals surface area (Å²) in [6.07, 6.45) is 2.84. The lowest BCUT2D eigenvalue weighted by Crippen LogP contribution is -2.09. The molecule has 0 aliphatic carbocycles. The summed E-state index contributed by atoms with van der Waals surface area (Å²) in [5, 5.41) is 0. The quantitative estimate of drug-likeness (QED) is 0.750. The first-order chi connectivity index (χ1) is 7.13. The van der Waals surface area contributed by atoms with E-state index < -0.39 is 0 Å². The fourth-order valence-electron chi connectivity index (χ4n) is 1.38. The van der Waals surface area contributed by atoms with Crippen molar-refractivity contribution in [1.29, 1.82) is 0 Å². The van der Waals surface area contributed by atoms with Crippen LogP contribution in [0.4, 0.5) is 0 Å². The smallest absolute Gasteiger partial charge is 0.119 e. The van der Waals surface area contributed by atoms with Gasteiger partial charge in [0, 0.05) is 6.04 Å². The lowest BCUT2D eigenvalue weighted by atomic mass is 10.0. The number of hydrogen-bond donors (Lipinski definition) is 1. The Balaban J connectivity index is 2.67. The number of ether oxygens (including phenoxy) is 1. The summed E-state index contributed by atoms with van der Waals surface area (Å²) in [5.74, 6) is 0.888. The SMILES string of the molecule is C=CCC(N)c1ccc(OC(C)C)cc1. The summed E-state index contributed by atoms with van der Waals surface area (Å²) in [7, 11) is 0. The molecule has 0 aliphatic heterocycles. The molecule has 1 unspecified atom stereocenters. The Morgan fingerprint density at radius 1 is 1.33 bits per heavy atom. The van der Waals surface area contributed by atoms with Crippen LogP contribution in [0.1, 0.15) is 31.9 Å². The van der Waals surface area contributed by atoms with E-state index in [0.717, 1.165) is 17.7 Å². The molecule has 0 heterocycles. The Hall–Kier alpha value is -1.28. The molecule has 0 spiro atoms. The predicted octanol–water partition coefficient (Wildman–Crippen LogP) is 3.05. The van der Waals surface area contributed by atoms with E-state index in [4.69, 9.17) is 10.5 Å². The molecule has 0 aliphatic rings. The molecule has 0 bridgehead atoms. The Labute approximate surface area is 91.7 Å². The van der Waals surface area contributed by atoms with Gasteiger partial charge < -0.3 is 10.5 Å². The predicted molar refractivity (Wildman–Crippen MR) is 63.9 cm³/mol. The molecule has 0 fully saturated rings. The summed E-state index contributed by atoms with van der Waals surface area (Å²) in [5.41, 5.74) is 7.06. The number of rotatable bonds is 5. The van der Waals surface area contributed by atoms with Gasteiger partial charge in [-0.2, -0.15) is 0 Å². The molecule has 0 aromatic heterocycles. The van der Waals surface area contributed by atoms with Crippen molar-refractivity contribution < 1.29 is 4.74 Å². The minimum atomic E-state index is 0.0376. The summed E-state index contributed by atoms with van der Waals surface area (Å²) < 4.78 is 5.55. The minimum absolute atomic E-state index is 0.0376. The zero-order valence-electron chi connectivity index (χ0n) is 9.44. The second-order valence-corrected chi connectivity index (χ2v) is 3.87. The molecule has 2 nitrogen and oxygen atoms in total. The maximum absolute atomic E-state index is 5.94. The molecular weight excluding hydrogens is 186 g/mol. The van der Waals surface area contributed by atoms with Crippen LogP contribution in [0.15, 0.2) is 36.9 Å². The second-order valence-electron chi connectivity index (χ2n) is 3.87. The Morgan fingerprint density at radius 2 is 1.93 bits per heavy atom. The number of nitrogens with two attached hydrogens (primary N) is 1. The van der Waals surface area contributed by atoms with Crippen LogP contribution in [0.3, 0.4) is 0 Å². The zero-order valence-corrected chi connectivity index (χ0v) is 9.44. The lowest BCUT2D eigenvalue weighted by molar-refractivity contribution is 0.242. The topological polar surface area (TPSA) is 35.2 Å². The highest BCUT2D eigenvalue weighted by Gasteiger charge is 2.04. The van der Waals surface area contributed by atoms with Crippen molar-refractivity contribution >= 4 is 0 Å². The number of benzene rings is 1. The molecule has 0 saturated heterocycles. The first kappa shape index (κ1) is 11.8. The number of hydrogen-bond acceptors (Lipinski definition) is 2. The molecule has 1 aromatic carbocycles. The molecule has 0 amide bonds. The van der Waals surface area contributed by atoms with E-state index in [1.807, 2.05) is 44.2 Å². The molecule has 2 N–H and O–H groups in total. The van der Waals surface area contributed by atoms with Crippen LogP contribution >= 0.6 is 0 Å². The fraction of sp³-hybridized carbons (Fsp3) is 0.385. The molecule has 1 atom stereocenters. The average Bonchev–Trinajstić information content (AvgIpc) is 2.18. The van der Waals surface area contributed by atoms with Crippen LogP contribution in [0.2, 0.25) is 0 Å². The molecule has 0 radical (unpaired) electrons.